The minimum absolute atomic E-state index is 0.178. The molecular weight excluding hydrogens is 250 g/mol. The molecule has 2 aromatic rings. The molecule has 1 amide bonds. The lowest BCUT2D eigenvalue weighted by atomic mass is 10.1. The van der Waals surface area contributed by atoms with E-state index in [1.54, 1.807) is 24.3 Å². The van der Waals surface area contributed by atoms with Crippen molar-refractivity contribution in [2.75, 3.05) is 4.90 Å². The van der Waals surface area contributed by atoms with Gasteiger partial charge >= 0.3 is 5.69 Å². The molecule has 3 rings (SSSR count). The Labute approximate surface area is 106 Å². The van der Waals surface area contributed by atoms with E-state index in [-0.39, 0.29) is 18.1 Å². The Bertz CT molecular complexity index is 790. The zero-order valence-corrected chi connectivity index (χ0v) is 9.64. The van der Waals surface area contributed by atoms with Gasteiger partial charge in [-0.2, -0.15) is 0 Å². The van der Waals surface area contributed by atoms with Crippen LogP contribution in [-0.4, -0.2) is 21.0 Å². The number of carbonyl (C=O) groups is 1. The molecule has 0 radical (unpaired) electrons. The Morgan fingerprint density at radius 3 is 2.53 bits per heavy atom. The van der Waals surface area contributed by atoms with Crippen molar-refractivity contribution < 1.29 is 9.90 Å². The first-order valence-corrected chi connectivity index (χ1v) is 5.53. The molecule has 3 N–H and O–H groups in total. The number of benzene rings is 1. The van der Waals surface area contributed by atoms with Gasteiger partial charge in [-0.25, -0.2) is 4.79 Å². The van der Waals surface area contributed by atoms with Crippen molar-refractivity contribution in [1.82, 2.24) is 9.97 Å². The fourth-order valence-corrected chi connectivity index (χ4v) is 2.15. The molecule has 0 spiro atoms. The van der Waals surface area contributed by atoms with Crippen LogP contribution in [0.2, 0.25) is 0 Å². The highest BCUT2D eigenvalue weighted by atomic mass is 16.3. The number of amides is 1. The fourth-order valence-electron chi connectivity index (χ4n) is 2.15. The summed E-state index contributed by atoms with van der Waals surface area (Å²) in [5.74, 6) is -1.00. The van der Waals surface area contributed by atoms with Crippen molar-refractivity contribution in [2.24, 2.45) is 0 Å². The largest absolute Gasteiger partial charge is 0.493 e. The quantitative estimate of drug-likeness (QED) is 0.666. The molecule has 7 heteroatoms. The second-order valence-corrected chi connectivity index (χ2v) is 4.15. The number of aromatic nitrogens is 2. The van der Waals surface area contributed by atoms with E-state index >= 15 is 0 Å². The summed E-state index contributed by atoms with van der Waals surface area (Å²) in [6.45, 7) is 0.178. The van der Waals surface area contributed by atoms with Gasteiger partial charge in [-0.05, 0) is 11.6 Å². The molecule has 19 heavy (non-hydrogen) atoms. The third-order valence-electron chi connectivity index (χ3n) is 2.99. The maximum absolute atomic E-state index is 12.2. The predicted molar refractivity (Wildman–Crippen MR) is 66.3 cm³/mol. The smallest absolute Gasteiger partial charge is 0.328 e. The normalized spacial score (nSPS) is 13.7. The van der Waals surface area contributed by atoms with Crippen molar-refractivity contribution in [1.29, 1.82) is 0 Å². The highest BCUT2D eigenvalue weighted by molar-refractivity contribution is 6.10. The number of anilines is 1. The number of aromatic amines is 2. The second-order valence-electron chi connectivity index (χ2n) is 4.15. The van der Waals surface area contributed by atoms with E-state index in [0.717, 1.165) is 10.5 Å². The van der Waals surface area contributed by atoms with E-state index in [1.807, 2.05) is 4.98 Å². The highest BCUT2D eigenvalue weighted by Gasteiger charge is 2.31. The summed E-state index contributed by atoms with van der Waals surface area (Å²) in [5, 5.41) is 9.66. The average molecular weight is 259 g/mol. The molecule has 0 bridgehead atoms. The summed E-state index contributed by atoms with van der Waals surface area (Å²) in [5.41, 5.74) is -0.636. The van der Waals surface area contributed by atoms with Gasteiger partial charge in [0.2, 0.25) is 5.88 Å². The van der Waals surface area contributed by atoms with Crippen LogP contribution in [0.25, 0.3) is 0 Å². The molecule has 1 aliphatic heterocycles. The van der Waals surface area contributed by atoms with Crippen LogP contribution in [-0.2, 0) is 6.54 Å². The topological polar surface area (TPSA) is 106 Å². The highest BCUT2D eigenvalue weighted by Crippen LogP contribution is 2.29. The lowest BCUT2D eigenvalue weighted by Crippen LogP contribution is -2.33. The first kappa shape index (κ1) is 11.3. The third-order valence-corrected chi connectivity index (χ3v) is 2.99. The number of fused-ring (bicyclic) bond motifs is 1. The molecule has 96 valence electrons. The summed E-state index contributed by atoms with van der Waals surface area (Å²) in [6.07, 6.45) is 0. The maximum Gasteiger partial charge on any atom is 0.328 e. The van der Waals surface area contributed by atoms with Crippen LogP contribution >= 0.6 is 0 Å². The van der Waals surface area contributed by atoms with Crippen molar-refractivity contribution in [3.63, 3.8) is 0 Å². The van der Waals surface area contributed by atoms with Gasteiger partial charge in [-0.1, -0.05) is 18.2 Å². The molecule has 1 aliphatic rings. The lowest BCUT2D eigenvalue weighted by Gasteiger charge is -2.14. The van der Waals surface area contributed by atoms with Crippen LogP contribution in [0.4, 0.5) is 5.69 Å². The number of hydrogen-bond donors (Lipinski definition) is 3. The predicted octanol–water partition coefficient (Wildman–Crippen LogP) is -0.0708. The zero-order chi connectivity index (χ0) is 13.6. The van der Waals surface area contributed by atoms with Gasteiger partial charge < -0.3 is 5.11 Å². The second kappa shape index (κ2) is 3.84. The Morgan fingerprint density at radius 2 is 1.84 bits per heavy atom. The van der Waals surface area contributed by atoms with Gasteiger partial charge in [0.1, 0.15) is 0 Å². The number of H-pyrrole nitrogens is 2. The van der Waals surface area contributed by atoms with E-state index < -0.39 is 17.1 Å². The van der Waals surface area contributed by atoms with Crippen LogP contribution in [0, 0.1) is 0 Å². The molecule has 0 unspecified atom stereocenters. The Balaban J connectivity index is 2.15. The summed E-state index contributed by atoms with van der Waals surface area (Å²) in [6, 6.07) is 6.92. The van der Waals surface area contributed by atoms with Crippen molar-refractivity contribution in [2.45, 2.75) is 6.54 Å². The molecule has 2 heterocycles. The van der Waals surface area contributed by atoms with Gasteiger partial charge in [0, 0.05) is 5.56 Å². The summed E-state index contributed by atoms with van der Waals surface area (Å²) in [7, 11) is 0. The molecule has 1 aromatic carbocycles. The summed E-state index contributed by atoms with van der Waals surface area (Å²) in [4.78, 5) is 40.0. The van der Waals surface area contributed by atoms with Crippen molar-refractivity contribution >= 4 is 11.6 Å². The first-order chi connectivity index (χ1) is 9.08. The molecule has 0 atom stereocenters. The standard InChI is InChI=1S/C12H9N3O4/c16-9-8(10(17)14-12(19)13-9)15-5-6-3-1-2-4-7(6)11(15)18/h1-4H,5H2,(H3,13,14,16,17,19). The summed E-state index contributed by atoms with van der Waals surface area (Å²) < 4.78 is 0. The van der Waals surface area contributed by atoms with E-state index in [2.05, 4.69) is 4.98 Å². The van der Waals surface area contributed by atoms with Crippen molar-refractivity contribution in [3.05, 3.63) is 56.2 Å². The van der Waals surface area contributed by atoms with Crippen LogP contribution in [0.3, 0.4) is 0 Å². The van der Waals surface area contributed by atoms with Crippen molar-refractivity contribution in [3.8, 4) is 5.88 Å². The molecule has 1 aromatic heterocycles. The average Bonchev–Trinajstić information content (AvgIpc) is 2.66. The van der Waals surface area contributed by atoms with Crippen LogP contribution in [0.15, 0.2) is 33.9 Å². The van der Waals surface area contributed by atoms with Crippen LogP contribution in [0.5, 0.6) is 5.88 Å². The zero-order valence-electron chi connectivity index (χ0n) is 9.64. The number of carbonyl (C=O) groups excluding carboxylic acids is 1. The van der Waals surface area contributed by atoms with E-state index in [0.29, 0.717) is 5.56 Å². The molecule has 7 nitrogen and oxygen atoms in total. The Hall–Kier alpha value is -2.83. The van der Waals surface area contributed by atoms with Crippen LogP contribution < -0.4 is 16.1 Å². The maximum atomic E-state index is 12.2. The minimum atomic E-state index is -0.824. The number of aromatic hydroxyl groups is 1. The number of hydrogen-bond acceptors (Lipinski definition) is 4. The molecule has 0 aliphatic carbocycles. The fraction of sp³-hybridized carbons (Fsp3) is 0.0833. The molecule has 0 fully saturated rings. The minimum Gasteiger partial charge on any atom is -0.493 e. The number of rotatable bonds is 1. The van der Waals surface area contributed by atoms with Crippen LogP contribution in [0.1, 0.15) is 15.9 Å². The number of nitrogens with one attached hydrogen (secondary N) is 2. The van der Waals surface area contributed by atoms with E-state index in [9.17, 15) is 19.5 Å². The van der Waals surface area contributed by atoms with Gasteiger partial charge in [0.05, 0.1) is 6.54 Å². The molecular formula is C12H9N3O4. The van der Waals surface area contributed by atoms with E-state index in [1.165, 1.54) is 0 Å². The van der Waals surface area contributed by atoms with Gasteiger partial charge in [-0.3, -0.25) is 24.5 Å². The molecule has 0 saturated heterocycles. The Morgan fingerprint density at radius 1 is 1.11 bits per heavy atom. The van der Waals surface area contributed by atoms with Gasteiger partial charge in [0.15, 0.2) is 5.69 Å². The monoisotopic (exact) mass is 259 g/mol. The SMILES string of the molecule is O=C1c2ccccc2CN1c1c(O)[nH]c(=O)[nH]c1=O. The molecule has 0 saturated carbocycles. The van der Waals surface area contributed by atoms with Gasteiger partial charge in [-0.15, -0.1) is 0 Å². The van der Waals surface area contributed by atoms with E-state index in [4.69, 9.17) is 0 Å². The Kier molecular flexibility index (Phi) is 2.28. The number of nitrogens with zero attached hydrogens (tertiary/aromatic N) is 1. The third kappa shape index (κ3) is 1.63. The first-order valence-electron chi connectivity index (χ1n) is 5.53. The lowest BCUT2D eigenvalue weighted by molar-refractivity contribution is 0.0995. The summed E-state index contributed by atoms with van der Waals surface area (Å²) >= 11 is 0. The van der Waals surface area contributed by atoms with Gasteiger partial charge in [0.25, 0.3) is 11.5 Å².